The first kappa shape index (κ1) is 23.2. The Morgan fingerprint density at radius 2 is 1.78 bits per heavy atom. The van der Waals surface area contributed by atoms with Gasteiger partial charge in [-0.1, -0.05) is 19.1 Å². The molecule has 1 unspecified atom stereocenters. The summed E-state index contributed by atoms with van der Waals surface area (Å²) in [5, 5.41) is 2.78. The smallest absolute Gasteiger partial charge is 0.265 e. The van der Waals surface area contributed by atoms with Gasteiger partial charge in [-0.2, -0.15) is 0 Å². The fraction of sp³-hybridized carbons (Fsp3) is 0.261. The zero-order valence-corrected chi connectivity index (χ0v) is 19.2. The number of benzene rings is 2. The zero-order valence-electron chi connectivity index (χ0n) is 18.4. The number of rotatable bonds is 8. The molecule has 32 heavy (non-hydrogen) atoms. The summed E-state index contributed by atoms with van der Waals surface area (Å²) < 4.78 is 33.4. The van der Waals surface area contributed by atoms with Crippen LogP contribution in [0.4, 0.5) is 11.6 Å². The van der Waals surface area contributed by atoms with Crippen LogP contribution in [0.25, 0.3) is 0 Å². The first-order chi connectivity index (χ1) is 15.2. The van der Waals surface area contributed by atoms with Crippen molar-refractivity contribution in [3.05, 3.63) is 71.5 Å². The summed E-state index contributed by atoms with van der Waals surface area (Å²) in [6.07, 6.45) is 1.27. The van der Waals surface area contributed by atoms with Gasteiger partial charge in [-0.25, -0.2) is 23.1 Å². The number of aryl methyl sites for hydroxylation is 3. The van der Waals surface area contributed by atoms with Crippen molar-refractivity contribution in [3.63, 3.8) is 0 Å². The largest absolute Gasteiger partial charge is 0.480 e. The molecule has 2 N–H and O–H groups in total. The standard InChI is InChI=1S/C23H26N4O4S/c1-5-20(31-21-14-15(2)6-7-16(21)3)22(28)26-18-8-10-19(11-9-18)32(29,30)27-23-24-13-12-17(4)25-23/h6-14,20H,5H2,1-4H3,(H,26,28)(H,24,25,27). The molecule has 1 atom stereocenters. The highest BCUT2D eigenvalue weighted by atomic mass is 32.2. The maximum Gasteiger partial charge on any atom is 0.265 e. The van der Waals surface area contributed by atoms with Crippen molar-refractivity contribution in [1.29, 1.82) is 0 Å². The second-order valence-electron chi connectivity index (χ2n) is 7.42. The van der Waals surface area contributed by atoms with Gasteiger partial charge >= 0.3 is 0 Å². The van der Waals surface area contributed by atoms with Crippen molar-refractivity contribution in [2.45, 2.75) is 45.1 Å². The highest BCUT2D eigenvalue weighted by molar-refractivity contribution is 7.92. The highest BCUT2D eigenvalue weighted by Gasteiger charge is 2.20. The number of nitrogens with one attached hydrogen (secondary N) is 2. The first-order valence-electron chi connectivity index (χ1n) is 10.1. The number of aromatic nitrogens is 2. The summed E-state index contributed by atoms with van der Waals surface area (Å²) in [5.41, 5.74) is 3.09. The van der Waals surface area contributed by atoms with Crippen LogP contribution in [-0.4, -0.2) is 30.4 Å². The Hall–Kier alpha value is -3.46. The number of carbonyl (C=O) groups excluding carboxylic acids is 1. The lowest BCUT2D eigenvalue weighted by Gasteiger charge is -2.19. The van der Waals surface area contributed by atoms with Crippen LogP contribution in [0.2, 0.25) is 0 Å². The van der Waals surface area contributed by atoms with E-state index in [0.29, 0.717) is 23.6 Å². The van der Waals surface area contributed by atoms with Gasteiger partial charge in [-0.05, 0) is 74.7 Å². The van der Waals surface area contributed by atoms with Crippen LogP contribution in [0.5, 0.6) is 5.75 Å². The van der Waals surface area contributed by atoms with Gasteiger partial charge in [0, 0.05) is 17.6 Å². The molecule has 0 spiro atoms. The normalized spacial score (nSPS) is 12.1. The van der Waals surface area contributed by atoms with Crippen molar-refractivity contribution in [2.75, 3.05) is 10.0 Å². The van der Waals surface area contributed by atoms with Gasteiger partial charge < -0.3 is 10.1 Å². The summed E-state index contributed by atoms with van der Waals surface area (Å²) in [5.74, 6) is 0.352. The topological polar surface area (TPSA) is 110 Å². The lowest BCUT2D eigenvalue weighted by atomic mass is 10.1. The average molecular weight is 455 g/mol. The van der Waals surface area contributed by atoms with Crippen LogP contribution < -0.4 is 14.8 Å². The number of nitrogens with zero attached hydrogens (tertiary/aromatic N) is 2. The van der Waals surface area contributed by atoms with Crippen LogP contribution >= 0.6 is 0 Å². The minimum absolute atomic E-state index is 0.00300. The molecule has 1 aromatic heterocycles. The van der Waals surface area contributed by atoms with Crippen molar-refractivity contribution in [1.82, 2.24) is 9.97 Å². The van der Waals surface area contributed by atoms with E-state index in [0.717, 1.165) is 11.1 Å². The van der Waals surface area contributed by atoms with Gasteiger partial charge in [0.1, 0.15) is 5.75 Å². The van der Waals surface area contributed by atoms with E-state index < -0.39 is 16.1 Å². The molecule has 0 aliphatic heterocycles. The molecule has 0 aliphatic rings. The predicted molar refractivity (Wildman–Crippen MR) is 123 cm³/mol. The maximum atomic E-state index is 12.7. The Balaban J connectivity index is 1.68. The lowest BCUT2D eigenvalue weighted by molar-refractivity contribution is -0.122. The van der Waals surface area contributed by atoms with Crippen molar-refractivity contribution in [3.8, 4) is 5.75 Å². The highest BCUT2D eigenvalue weighted by Crippen LogP contribution is 2.22. The predicted octanol–water partition coefficient (Wildman–Crippen LogP) is 4.00. The fourth-order valence-electron chi connectivity index (χ4n) is 2.93. The number of amides is 1. The van der Waals surface area contributed by atoms with Gasteiger partial charge in [0.2, 0.25) is 5.95 Å². The molecule has 1 heterocycles. The molecule has 2 aromatic carbocycles. The molecule has 0 fully saturated rings. The second-order valence-corrected chi connectivity index (χ2v) is 9.11. The lowest BCUT2D eigenvalue weighted by Crippen LogP contribution is -2.32. The average Bonchev–Trinajstić information content (AvgIpc) is 2.74. The number of hydrogen-bond donors (Lipinski definition) is 2. The molecule has 8 nitrogen and oxygen atoms in total. The third-order valence-corrected chi connectivity index (χ3v) is 6.07. The quantitative estimate of drug-likeness (QED) is 0.532. The summed E-state index contributed by atoms with van der Waals surface area (Å²) >= 11 is 0. The maximum absolute atomic E-state index is 12.7. The molecule has 0 saturated heterocycles. The Bertz CT molecular complexity index is 1210. The number of anilines is 2. The molecular formula is C23H26N4O4S. The molecule has 0 saturated carbocycles. The van der Waals surface area contributed by atoms with E-state index in [1.165, 1.54) is 30.5 Å². The zero-order chi connectivity index (χ0) is 23.3. The number of sulfonamides is 1. The van der Waals surface area contributed by atoms with E-state index in [4.69, 9.17) is 4.74 Å². The molecule has 0 aliphatic carbocycles. The molecule has 0 radical (unpaired) electrons. The second kappa shape index (κ2) is 9.78. The monoisotopic (exact) mass is 454 g/mol. The molecule has 168 valence electrons. The van der Waals surface area contributed by atoms with Crippen molar-refractivity contribution >= 4 is 27.6 Å². The fourth-order valence-corrected chi connectivity index (χ4v) is 3.88. The first-order valence-corrected chi connectivity index (χ1v) is 11.6. The third-order valence-electron chi connectivity index (χ3n) is 4.73. The van der Waals surface area contributed by atoms with Gasteiger partial charge in [-0.3, -0.25) is 4.79 Å². The molecule has 3 rings (SSSR count). The Morgan fingerprint density at radius 1 is 1.06 bits per heavy atom. The van der Waals surface area contributed by atoms with Crippen LogP contribution in [0, 0.1) is 20.8 Å². The Kier molecular flexibility index (Phi) is 7.09. The van der Waals surface area contributed by atoms with Gasteiger partial charge in [0.05, 0.1) is 4.90 Å². The van der Waals surface area contributed by atoms with Crippen molar-refractivity contribution in [2.24, 2.45) is 0 Å². The van der Waals surface area contributed by atoms with Gasteiger partial charge in [0.15, 0.2) is 6.10 Å². The van der Waals surface area contributed by atoms with E-state index in [1.54, 1.807) is 13.0 Å². The van der Waals surface area contributed by atoms with Crippen LogP contribution in [0.3, 0.4) is 0 Å². The van der Waals surface area contributed by atoms with Crippen molar-refractivity contribution < 1.29 is 17.9 Å². The van der Waals surface area contributed by atoms with Crippen LogP contribution in [0.15, 0.2) is 59.6 Å². The number of carbonyl (C=O) groups is 1. The van der Waals surface area contributed by atoms with Crippen LogP contribution in [-0.2, 0) is 14.8 Å². The summed E-state index contributed by atoms with van der Waals surface area (Å²) in [7, 11) is -3.86. The minimum atomic E-state index is -3.86. The summed E-state index contributed by atoms with van der Waals surface area (Å²) in [4.78, 5) is 20.7. The van der Waals surface area contributed by atoms with Crippen LogP contribution in [0.1, 0.15) is 30.2 Å². The molecule has 9 heteroatoms. The molecule has 1 amide bonds. The molecular weight excluding hydrogens is 428 g/mol. The Labute approximate surface area is 188 Å². The van der Waals surface area contributed by atoms with E-state index in [2.05, 4.69) is 20.0 Å². The minimum Gasteiger partial charge on any atom is -0.480 e. The van der Waals surface area contributed by atoms with Gasteiger partial charge in [-0.15, -0.1) is 0 Å². The van der Waals surface area contributed by atoms with Gasteiger partial charge in [0.25, 0.3) is 15.9 Å². The molecule has 3 aromatic rings. The van der Waals surface area contributed by atoms with E-state index in [-0.39, 0.29) is 16.8 Å². The summed E-state index contributed by atoms with van der Waals surface area (Å²) in [6, 6.07) is 13.4. The van der Waals surface area contributed by atoms with E-state index >= 15 is 0 Å². The van der Waals surface area contributed by atoms with E-state index in [9.17, 15) is 13.2 Å². The molecule has 0 bridgehead atoms. The SMILES string of the molecule is CCC(Oc1cc(C)ccc1C)C(=O)Nc1ccc(S(=O)(=O)Nc2nccc(C)n2)cc1. The number of ether oxygens (including phenoxy) is 1. The van der Waals surface area contributed by atoms with E-state index in [1.807, 2.05) is 39.0 Å². The summed E-state index contributed by atoms with van der Waals surface area (Å²) in [6.45, 7) is 7.49. The number of hydrogen-bond acceptors (Lipinski definition) is 6. The Morgan fingerprint density at radius 3 is 2.44 bits per heavy atom. The third kappa shape index (κ3) is 5.82.